The number of hydrogen-bond acceptors (Lipinski definition) is 4. The molecule has 0 fully saturated rings. The van der Waals surface area contributed by atoms with Crippen molar-refractivity contribution < 1.29 is 14.4 Å². The highest BCUT2D eigenvalue weighted by molar-refractivity contribution is 5.92. The Kier molecular flexibility index (Phi) is 9.62. The number of nitrogens with two attached hydrogens (primary N) is 2. The molecular formula is C15H29N3O3. The molecule has 0 aliphatic carbocycles. The molecule has 0 aliphatic rings. The number of ketones is 1. The molecule has 2 atom stereocenters. The van der Waals surface area contributed by atoms with Gasteiger partial charge in [0.2, 0.25) is 11.8 Å². The predicted molar refractivity (Wildman–Crippen MR) is 82.3 cm³/mol. The molecule has 0 bridgehead atoms. The first-order chi connectivity index (χ1) is 9.81. The van der Waals surface area contributed by atoms with Gasteiger partial charge < -0.3 is 16.8 Å². The van der Waals surface area contributed by atoms with E-state index >= 15 is 0 Å². The van der Waals surface area contributed by atoms with Crippen molar-refractivity contribution in [3.63, 3.8) is 0 Å². The Bertz CT molecular complexity index is 356. The van der Waals surface area contributed by atoms with Crippen molar-refractivity contribution in [1.29, 1.82) is 0 Å². The van der Waals surface area contributed by atoms with Crippen molar-refractivity contribution in [2.45, 2.75) is 58.9 Å². The van der Waals surface area contributed by atoms with Gasteiger partial charge in [-0.1, -0.05) is 20.8 Å². The number of carbonyl (C=O) groups is 3. The molecule has 0 saturated carbocycles. The Hall–Kier alpha value is -1.43. The Morgan fingerprint density at radius 3 is 2.24 bits per heavy atom. The number of carbonyl (C=O) groups excluding carboxylic acids is 3. The fourth-order valence-electron chi connectivity index (χ4n) is 2.23. The van der Waals surface area contributed by atoms with Gasteiger partial charge >= 0.3 is 0 Å². The zero-order valence-electron chi connectivity index (χ0n) is 13.4. The molecule has 0 saturated heterocycles. The van der Waals surface area contributed by atoms with Crippen LogP contribution in [0.25, 0.3) is 0 Å². The molecule has 6 heteroatoms. The van der Waals surface area contributed by atoms with E-state index in [4.69, 9.17) is 11.5 Å². The molecular weight excluding hydrogens is 270 g/mol. The van der Waals surface area contributed by atoms with Gasteiger partial charge in [-0.3, -0.25) is 14.4 Å². The van der Waals surface area contributed by atoms with Crippen LogP contribution in [0.4, 0.5) is 0 Å². The van der Waals surface area contributed by atoms with Crippen molar-refractivity contribution in [3.05, 3.63) is 0 Å². The van der Waals surface area contributed by atoms with Crippen LogP contribution < -0.4 is 16.8 Å². The van der Waals surface area contributed by atoms with Crippen LogP contribution in [-0.4, -0.2) is 30.2 Å². The van der Waals surface area contributed by atoms with Crippen LogP contribution in [0.15, 0.2) is 0 Å². The molecule has 2 amide bonds. The van der Waals surface area contributed by atoms with Gasteiger partial charge in [0.1, 0.15) is 0 Å². The third-order valence-electron chi connectivity index (χ3n) is 3.26. The third kappa shape index (κ3) is 8.45. The molecule has 0 aromatic carbocycles. The Balaban J connectivity index is 4.70. The van der Waals surface area contributed by atoms with Crippen LogP contribution >= 0.6 is 0 Å². The summed E-state index contributed by atoms with van der Waals surface area (Å²) >= 11 is 0. The van der Waals surface area contributed by atoms with Gasteiger partial charge in [-0.2, -0.15) is 0 Å². The van der Waals surface area contributed by atoms with Gasteiger partial charge in [0, 0.05) is 18.8 Å². The maximum atomic E-state index is 12.3. The fraction of sp³-hybridized carbons (Fsp3) is 0.800. The van der Waals surface area contributed by atoms with Crippen LogP contribution in [0.3, 0.4) is 0 Å². The van der Waals surface area contributed by atoms with Crippen LogP contribution in [0.2, 0.25) is 0 Å². The van der Waals surface area contributed by atoms with E-state index in [9.17, 15) is 14.4 Å². The fourth-order valence-corrected chi connectivity index (χ4v) is 2.23. The van der Waals surface area contributed by atoms with Crippen LogP contribution in [0.1, 0.15) is 52.9 Å². The monoisotopic (exact) mass is 299 g/mol. The molecule has 0 spiro atoms. The predicted octanol–water partition coefficient (Wildman–Crippen LogP) is 0.727. The molecule has 0 rings (SSSR count). The molecule has 6 nitrogen and oxygen atoms in total. The summed E-state index contributed by atoms with van der Waals surface area (Å²) in [6, 6.07) is -0.622. The van der Waals surface area contributed by atoms with Gasteiger partial charge in [0.05, 0.1) is 6.04 Å². The van der Waals surface area contributed by atoms with Crippen molar-refractivity contribution in [2.24, 2.45) is 23.3 Å². The molecule has 0 aromatic heterocycles. The van der Waals surface area contributed by atoms with E-state index in [0.717, 1.165) is 0 Å². The second-order valence-electron chi connectivity index (χ2n) is 5.85. The first-order valence-electron chi connectivity index (χ1n) is 7.63. The highest BCUT2D eigenvalue weighted by atomic mass is 16.2. The van der Waals surface area contributed by atoms with E-state index in [-0.39, 0.29) is 24.0 Å². The summed E-state index contributed by atoms with van der Waals surface area (Å²) in [5.41, 5.74) is 10.8. The largest absolute Gasteiger partial charge is 0.369 e. The van der Waals surface area contributed by atoms with Crippen LogP contribution in [0, 0.1) is 11.8 Å². The van der Waals surface area contributed by atoms with Gasteiger partial charge in [-0.05, 0) is 31.7 Å². The maximum absolute atomic E-state index is 12.3. The maximum Gasteiger partial charge on any atom is 0.220 e. The highest BCUT2D eigenvalue weighted by Gasteiger charge is 2.26. The summed E-state index contributed by atoms with van der Waals surface area (Å²) in [6.45, 7) is 6.14. The lowest BCUT2D eigenvalue weighted by molar-refractivity contribution is -0.131. The van der Waals surface area contributed by atoms with E-state index in [1.807, 2.05) is 20.8 Å². The lowest BCUT2D eigenvalue weighted by Gasteiger charge is -2.20. The zero-order chi connectivity index (χ0) is 16.4. The lowest BCUT2D eigenvalue weighted by Crippen LogP contribution is -2.43. The Morgan fingerprint density at radius 2 is 1.81 bits per heavy atom. The number of rotatable bonds is 11. The second kappa shape index (κ2) is 10.3. The minimum Gasteiger partial charge on any atom is -0.369 e. The Morgan fingerprint density at radius 1 is 1.19 bits per heavy atom. The summed E-state index contributed by atoms with van der Waals surface area (Å²) in [6.07, 6.45) is 2.09. The normalized spacial score (nSPS) is 13.8. The summed E-state index contributed by atoms with van der Waals surface area (Å²) in [7, 11) is 0. The minimum atomic E-state index is -0.622. The van der Waals surface area contributed by atoms with Gasteiger partial charge in [0.15, 0.2) is 5.78 Å². The van der Waals surface area contributed by atoms with Crippen LogP contribution in [-0.2, 0) is 14.4 Å². The summed E-state index contributed by atoms with van der Waals surface area (Å²) in [4.78, 5) is 35.4. The summed E-state index contributed by atoms with van der Waals surface area (Å²) < 4.78 is 0. The number of amides is 2. The SMILES string of the molecule is CCCC(=O)N[C@@H](CCN)C(=O)C[C@@H](CC(C)C)C(N)=O. The van der Waals surface area contributed by atoms with E-state index in [0.29, 0.717) is 32.2 Å². The molecule has 0 aliphatic heterocycles. The van der Waals surface area contributed by atoms with Crippen molar-refractivity contribution in [2.75, 3.05) is 6.54 Å². The van der Waals surface area contributed by atoms with E-state index in [1.54, 1.807) is 0 Å². The number of nitrogens with one attached hydrogen (secondary N) is 1. The molecule has 0 unspecified atom stereocenters. The number of hydrogen-bond donors (Lipinski definition) is 3. The van der Waals surface area contributed by atoms with Gasteiger partial charge in [-0.15, -0.1) is 0 Å². The molecule has 0 heterocycles. The Labute approximate surface area is 127 Å². The molecule has 122 valence electrons. The lowest BCUT2D eigenvalue weighted by atomic mass is 9.89. The third-order valence-corrected chi connectivity index (χ3v) is 3.26. The average Bonchev–Trinajstić information content (AvgIpc) is 2.36. The number of primary amides is 1. The van der Waals surface area contributed by atoms with Gasteiger partial charge in [0.25, 0.3) is 0 Å². The second-order valence-corrected chi connectivity index (χ2v) is 5.85. The minimum absolute atomic E-state index is 0.0601. The average molecular weight is 299 g/mol. The van der Waals surface area contributed by atoms with Crippen molar-refractivity contribution in [1.82, 2.24) is 5.32 Å². The van der Waals surface area contributed by atoms with E-state index in [2.05, 4.69) is 5.32 Å². The van der Waals surface area contributed by atoms with E-state index < -0.39 is 17.9 Å². The molecule has 5 N–H and O–H groups in total. The molecule has 21 heavy (non-hydrogen) atoms. The first-order valence-corrected chi connectivity index (χ1v) is 7.63. The van der Waals surface area contributed by atoms with Gasteiger partial charge in [-0.25, -0.2) is 0 Å². The first kappa shape index (κ1) is 19.6. The smallest absolute Gasteiger partial charge is 0.220 e. The number of Topliss-reactive ketones (excluding diaryl/α,β-unsaturated/α-hetero) is 1. The zero-order valence-corrected chi connectivity index (χ0v) is 13.4. The molecule has 0 radical (unpaired) electrons. The van der Waals surface area contributed by atoms with E-state index in [1.165, 1.54) is 0 Å². The van der Waals surface area contributed by atoms with Crippen molar-refractivity contribution >= 4 is 17.6 Å². The summed E-state index contributed by atoms with van der Waals surface area (Å²) in [5, 5.41) is 2.70. The highest BCUT2D eigenvalue weighted by Crippen LogP contribution is 2.17. The summed E-state index contributed by atoms with van der Waals surface area (Å²) in [5.74, 6) is -1.01. The quantitative estimate of drug-likeness (QED) is 0.521. The standard InChI is InChI=1S/C15H29N3O3/c1-4-5-14(20)18-12(6-7-16)13(19)9-11(15(17)21)8-10(2)3/h10-12H,4-9,16H2,1-3H3,(H2,17,21)(H,18,20)/t11-,12+/m1/s1. The topological polar surface area (TPSA) is 115 Å². The molecule has 0 aromatic rings. The van der Waals surface area contributed by atoms with Crippen LogP contribution in [0.5, 0.6) is 0 Å². The van der Waals surface area contributed by atoms with Crippen molar-refractivity contribution in [3.8, 4) is 0 Å².